The summed E-state index contributed by atoms with van der Waals surface area (Å²) in [6.07, 6.45) is 1.58. The molecule has 0 unspecified atom stereocenters. The molecule has 6 heteroatoms. The van der Waals surface area contributed by atoms with Gasteiger partial charge in [-0.05, 0) is 45.7 Å². The Morgan fingerprint density at radius 2 is 1.71 bits per heavy atom. The van der Waals surface area contributed by atoms with Crippen molar-refractivity contribution < 1.29 is 23.9 Å². The second-order valence-electron chi connectivity index (χ2n) is 6.67. The van der Waals surface area contributed by atoms with E-state index in [0.717, 1.165) is 11.2 Å². The number of benzene rings is 1. The highest BCUT2D eigenvalue weighted by Gasteiger charge is 2.43. The van der Waals surface area contributed by atoms with Crippen molar-refractivity contribution in [3.8, 4) is 0 Å². The molecular formula is C18H21NO5. The second-order valence-corrected chi connectivity index (χ2v) is 6.67. The van der Waals surface area contributed by atoms with Crippen molar-refractivity contribution in [1.82, 2.24) is 4.90 Å². The Labute approximate surface area is 140 Å². The van der Waals surface area contributed by atoms with Gasteiger partial charge in [0.2, 0.25) is 0 Å². The van der Waals surface area contributed by atoms with E-state index in [2.05, 4.69) is 0 Å². The number of amides is 2. The van der Waals surface area contributed by atoms with Gasteiger partial charge >= 0.3 is 5.97 Å². The molecule has 0 spiro atoms. The summed E-state index contributed by atoms with van der Waals surface area (Å²) in [4.78, 5) is 49.2. The highest BCUT2D eigenvalue weighted by Crippen LogP contribution is 2.27. The van der Waals surface area contributed by atoms with Crippen LogP contribution in [0.2, 0.25) is 0 Å². The SMILES string of the molecule is CC(C)(C)OC(=O)[C@H](CCCC=O)N1C(=O)c2ccccc2C1=O. The van der Waals surface area contributed by atoms with Crippen LogP contribution in [0, 0.1) is 0 Å². The van der Waals surface area contributed by atoms with E-state index in [-0.39, 0.29) is 24.0 Å². The average Bonchev–Trinajstić information content (AvgIpc) is 2.75. The minimum Gasteiger partial charge on any atom is -0.458 e. The highest BCUT2D eigenvalue weighted by atomic mass is 16.6. The summed E-state index contributed by atoms with van der Waals surface area (Å²) >= 11 is 0. The maximum Gasteiger partial charge on any atom is 0.329 e. The lowest BCUT2D eigenvalue weighted by atomic mass is 10.1. The Hall–Kier alpha value is -2.50. The first-order chi connectivity index (χ1) is 11.3. The Morgan fingerprint density at radius 3 is 2.17 bits per heavy atom. The van der Waals surface area contributed by atoms with Crippen LogP contribution in [-0.2, 0) is 14.3 Å². The van der Waals surface area contributed by atoms with Gasteiger partial charge < -0.3 is 9.53 Å². The maximum atomic E-state index is 12.6. The molecule has 1 aliphatic heterocycles. The van der Waals surface area contributed by atoms with Gasteiger partial charge in [-0.2, -0.15) is 0 Å². The summed E-state index contributed by atoms with van der Waals surface area (Å²) < 4.78 is 5.37. The summed E-state index contributed by atoms with van der Waals surface area (Å²) in [6, 6.07) is 5.43. The zero-order valence-corrected chi connectivity index (χ0v) is 14.1. The summed E-state index contributed by atoms with van der Waals surface area (Å²) in [5, 5.41) is 0. The van der Waals surface area contributed by atoms with Crippen LogP contribution in [-0.4, -0.2) is 40.6 Å². The fraction of sp³-hybridized carbons (Fsp3) is 0.444. The third kappa shape index (κ3) is 3.69. The fourth-order valence-electron chi connectivity index (χ4n) is 2.61. The van der Waals surface area contributed by atoms with Crippen LogP contribution in [0.4, 0.5) is 0 Å². The van der Waals surface area contributed by atoms with Crippen LogP contribution in [0.25, 0.3) is 0 Å². The predicted molar refractivity (Wildman–Crippen MR) is 86.5 cm³/mol. The third-order valence-corrected chi connectivity index (χ3v) is 3.62. The lowest BCUT2D eigenvalue weighted by Gasteiger charge is -2.28. The third-order valence-electron chi connectivity index (χ3n) is 3.62. The van der Waals surface area contributed by atoms with Crippen molar-refractivity contribution in [3.05, 3.63) is 35.4 Å². The number of unbranched alkanes of at least 4 members (excludes halogenated alkanes) is 1. The molecule has 0 saturated carbocycles. The molecule has 0 radical (unpaired) electrons. The molecule has 1 aromatic carbocycles. The second kappa shape index (κ2) is 6.95. The number of imide groups is 1. The number of hydrogen-bond acceptors (Lipinski definition) is 5. The lowest BCUT2D eigenvalue weighted by Crippen LogP contribution is -2.47. The van der Waals surface area contributed by atoms with Crippen LogP contribution < -0.4 is 0 Å². The van der Waals surface area contributed by atoms with Gasteiger partial charge in [-0.3, -0.25) is 14.5 Å². The van der Waals surface area contributed by atoms with Gasteiger partial charge in [0.1, 0.15) is 17.9 Å². The highest BCUT2D eigenvalue weighted by molar-refractivity contribution is 6.22. The van der Waals surface area contributed by atoms with Crippen molar-refractivity contribution in [2.24, 2.45) is 0 Å². The quantitative estimate of drug-likeness (QED) is 0.346. The number of esters is 1. The lowest BCUT2D eigenvalue weighted by molar-refractivity contribution is -0.160. The van der Waals surface area contributed by atoms with Gasteiger partial charge in [0.15, 0.2) is 0 Å². The van der Waals surface area contributed by atoms with Crippen molar-refractivity contribution in [3.63, 3.8) is 0 Å². The minimum absolute atomic E-state index is 0.194. The molecule has 1 heterocycles. The molecule has 24 heavy (non-hydrogen) atoms. The van der Waals surface area contributed by atoms with Gasteiger partial charge in [-0.15, -0.1) is 0 Å². The molecule has 0 aromatic heterocycles. The molecular weight excluding hydrogens is 310 g/mol. The van der Waals surface area contributed by atoms with E-state index in [9.17, 15) is 19.2 Å². The Bertz CT molecular complexity index is 639. The number of ether oxygens (including phenoxy) is 1. The molecule has 128 valence electrons. The van der Waals surface area contributed by atoms with Crippen LogP contribution in [0.15, 0.2) is 24.3 Å². The number of hydrogen-bond donors (Lipinski definition) is 0. The number of rotatable bonds is 6. The first kappa shape index (κ1) is 17.8. The molecule has 1 aromatic rings. The number of nitrogens with zero attached hydrogens (tertiary/aromatic N) is 1. The Morgan fingerprint density at radius 1 is 1.17 bits per heavy atom. The van der Waals surface area contributed by atoms with Crippen LogP contribution in [0.5, 0.6) is 0 Å². The molecule has 1 atom stereocenters. The summed E-state index contributed by atoms with van der Waals surface area (Å²) in [6.45, 7) is 5.15. The smallest absolute Gasteiger partial charge is 0.329 e. The summed E-state index contributed by atoms with van der Waals surface area (Å²) in [7, 11) is 0. The molecule has 0 fully saturated rings. The monoisotopic (exact) mass is 331 g/mol. The Kier molecular flexibility index (Phi) is 5.17. The van der Waals surface area contributed by atoms with E-state index in [0.29, 0.717) is 6.42 Å². The van der Waals surface area contributed by atoms with Gasteiger partial charge in [0, 0.05) is 6.42 Å². The van der Waals surface area contributed by atoms with Crippen LogP contribution in [0.1, 0.15) is 60.7 Å². The normalized spacial score (nSPS) is 15.2. The predicted octanol–water partition coefficient (Wildman–Crippen LogP) is 2.36. The topological polar surface area (TPSA) is 80.8 Å². The van der Waals surface area contributed by atoms with E-state index < -0.39 is 29.4 Å². The molecule has 1 aliphatic rings. The van der Waals surface area contributed by atoms with Gasteiger partial charge in [0.25, 0.3) is 11.8 Å². The maximum absolute atomic E-state index is 12.6. The largest absolute Gasteiger partial charge is 0.458 e. The molecule has 0 bridgehead atoms. The first-order valence-electron chi connectivity index (χ1n) is 7.89. The first-order valence-corrected chi connectivity index (χ1v) is 7.89. The minimum atomic E-state index is -1.03. The summed E-state index contributed by atoms with van der Waals surface area (Å²) in [5.74, 6) is -1.64. The number of carbonyl (C=O) groups is 4. The molecule has 0 N–H and O–H groups in total. The van der Waals surface area contributed by atoms with Gasteiger partial charge in [-0.25, -0.2) is 4.79 Å². The van der Waals surface area contributed by atoms with Crippen LogP contribution >= 0.6 is 0 Å². The average molecular weight is 331 g/mol. The van der Waals surface area contributed by atoms with Crippen molar-refractivity contribution in [2.75, 3.05) is 0 Å². The summed E-state index contributed by atoms with van der Waals surface area (Å²) in [5.41, 5.74) is -0.170. The zero-order valence-electron chi connectivity index (χ0n) is 14.1. The number of carbonyl (C=O) groups excluding carboxylic acids is 4. The van der Waals surface area contributed by atoms with E-state index in [1.165, 1.54) is 0 Å². The number of fused-ring (bicyclic) bond motifs is 1. The van der Waals surface area contributed by atoms with Gasteiger partial charge in [0.05, 0.1) is 11.1 Å². The fourth-order valence-corrected chi connectivity index (χ4v) is 2.61. The van der Waals surface area contributed by atoms with E-state index in [4.69, 9.17) is 4.74 Å². The number of aldehydes is 1. The Balaban J connectivity index is 2.30. The molecule has 0 aliphatic carbocycles. The van der Waals surface area contributed by atoms with E-state index in [1.807, 2.05) is 0 Å². The van der Waals surface area contributed by atoms with Crippen LogP contribution in [0.3, 0.4) is 0 Å². The standard InChI is InChI=1S/C18H21NO5/c1-18(2,3)24-17(23)14(10-6-7-11-20)19-15(21)12-8-4-5-9-13(12)16(19)22/h4-5,8-9,11,14H,6-7,10H2,1-3H3/t14-/m0/s1. The zero-order chi connectivity index (χ0) is 17.9. The van der Waals surface area contributed by atoms with E-state index >= 15 is 0 Å². The van der Waals surface area contributed by atoms with Crippen molar-refractivity contribution in [1.29, 1.82) is 0 Å². The molecule has 0 saturated heterocycles. The van der Waals surface area contributed by atoms with Crippen molar-refractivity contribution in [2.45, 2.75) is 51.7 Å². The molecule has 2 rings (SSSR count). The molecule has 6 nitrogen and oxygen atoms in total. The van der Waals surface area contributed by atoms with E-state index in [1.54, 1.807) is 45.0 Å². The molecule has 2 amide bonds. The van der Waals surface area contributed by atoms with Gasteiger partial charge in [-0.1, -0.05) is 12.1 Å². The van der Waals surface area contributed by atoms with Crippen molar-refractivity contribution >= 4 is 24.1 Å².